The SMILES string of the molecule is C[C@H]1CCCCN1C(=O)CSc1nnc(-c2ccco2)n1C. The van der Waals surface area contributed by atoms with Crippen LogP contribution >= 0.6 is 11.8 Å². The molecule has 118 valence electrons. The second kappa shape index (κ2) is 6.56. The highest BCUT2D eigenvalue weighted by atomic mass is 32.2. The summed E-state index contributed by atoms with van der Waals surface area (Å²) in [6.45, 7) is 3.00. The number of aromatic nitrogens is 3. The Kier molecular flexibility index (Phi) is 4.52. The molecule has 0 bridgehead atoms. The van der Waals surface area contributed by atoms with Crippen LogP contribution < -0.4 is 0 Å². The average molecular weight is 320 g/mol. The van der Waals surface area contributed by atoms with Crippen LogP contribution in [0.25, 0.3) is 11.6 Å². The Hall–Kier alpha value is -1.76. The molecule has 22 heavy (non-hydrogen) atoms. The van der Waals surface area contributed by atoms with Crippen molar-refractivity contribution in [1.29, 1.82) is 0 Å². The Morgan fingerprint density at radius 3 is 3.05 bits per heavy atom. The minimum atomic E-state index is 0.180. The van der Waals surface area contributed by atoms with Gasteiger partial charge >= 0.3 is 0 Å². The number of piperidine rings is 1. The van der Waals surface area contributed by atoms with Gasteiger partial charge in [-0.15, -0.1) is 10.2 Å². The Morgan fingerprint density at radius 2 is 2.32 bits per heavy atom. The van der Waals surface area contributed by atoms with Gasteiger partial charge in [0.2, 0.25) is 5.91 Å². The topological polar surface area (TPSA) is 64.2 Å². The molecule has 7 heteroatoms. The number of rotatable bonds is 4. The van der Waals surface area contributed by atoms with Gasteiger partial charge in [-0.1, -0.05) is 11.8 Å². The zero-order valence-corrected chi connectivity index (χ0v) is 13.7. The van der Waals surface area contributed by atoms with Crippen LogP contribution in [0.4, 0.5) is 0 Å². The normalized spacial score (nSPS) is 18.6. The lowest BCUT2D eigenvalue weighted by Crippen LogP contribution is -2.42. The van der Waals surface area contributed by atoms with Crippen molar-refractivity contribution in [3.63, 3.8) is 0 Å². The minimum absolute atomic E-state index is 0.180. The molecule has 3 heterocycles. The summed E-state index contributed by atoms with van der Waals surface area (Å²) in [5.74, 6) is 1.93. The lowest BCUT2D eigenvalue weighted by Gasteiger charge is -2.33. The molecule has 0 N–H and O–H groups in total. The van der Waals surface area contributed by atoms with Gasteiger partial charge in [0.15, 0.2) is 16.7 Å². The smallest absolute Gasteiger partial charge is 0.233 e. The van der Waals surface area contributed by atoms with Gasteiger partial charge in [0, 0.05) is 19.6 Å². The van der Waals surface area contributed by atoms with E-state index < -0.39 is 0 Å². The summed E-state index contributed by atoms with van der Waals surface area (Å²) in [7, 11) is 1.88. The lowest BCUT2D eigenvalue weighted by molar-refractivity contribution is -0.131. The van der Waals surface area contributed by atoms with E-state index in [4.69, 9.17) is 4.42 Å². The van der Waals surface area contributed by atoms with Gasteiger partial charge in [0.1, 0.15) is 0 Å². The summed E-state index contributed by atoms with van der Waals surface area (Å²) < 4.78 is 7.20. The van der Waals surface area contributed by atoms with Crippen LogP contribution in [0.1, 0.15) is 26.2 Å². The molecule has 1 atom stereocenters. The highest BCUT2D eigenvalue weighted by Crippen LogP contribution is 2.24. The first-order valence-electron chi connectivity index (χ1n) is 7.52. The standard InChI is InChI=1S/C15H20N4O2S/c1-11-6-3-4-8-19(11)13(20)10-22-15-17-16-14(18(15)2)12-7-5-9-21-12/h5,7,9,11H,3-4,6,8,10H2,1-2H3/t11-/m0/s1. The van der Waals surface area contributed by atoms with Crippen LogP contribution in [-0.2, 0) is 11.8 Å². The van der Waals surface area contributed by atoms with E-state index in [0.717, 1.165) is 24.5 Å². The highest BCUT2D eigenvalue weighted by molar-refractivity contribution is 7.99. The van der Waals surface area contributed by atoms with E-state index in [1.54, 1.807) is 6.26 Å². The number of thioether (sulfide) groups is 1. The largest absolute Gasteiger partial charge is 0.461 e. The number of hydrogen-bond acceptors (Lipinski definition) is 5. The van der Waals surface area contributed by atoms with Crippen LogP contribution in [0.3, 0.4) is 0 Å². The number of likely N-dealkylation sites (tertiary alicyclic amines) is 1. The number of amides is 1. The van der Waals surface area contributed by atoms with Crippen LogP contribution in [0.5, 0.6) is 0 Å². The van der Waals surface area contributed by atoms with E-state index in [-0.39, 0.29) is 5.91 Å². The Morgan fingerprint density at radius 1 is 1.45 bits per heavy atom. The molecule has 6 nitrogen and oxygen atoms in total. The van der Waals surface area contributed by atoms with Crippen LogP contribution in [-0.4, -0.2) is 43.9 Å². The van der Waals surface area contributed by atoms with Crippen LogP contribution in [0, 0.1) is 0 Å². The van der Waals surface area contributed by atoms with E-state index in [0.29, 0.717) is 23.4 Å². The molecule has 1 aliphatic heterocycles. The van der Waals surface area contributed by atoms with E-state index in [9.17, 15) is 4.79 Å². The van der Waals surface area contributed by atoms with E-state index in [1.807, 2.05) is 28.6 Å². The van der Waals surface area contributed by atoms with Gasteiger partial charge < -0.3 is 13.9 Å². The number of hydrogen-bond donors (Lipinski definition) is 0. The zero-order chi connectivity index (χ0) is 15.5. The lowest BCUT2D eigenvalue weighted by atomic mass is 10.0. The summed E-state index contributed by atoms with van der Waals surface area (Å²) in [5.41, 5.74) is 0. The summed E-state index contributed by atoms with van der Waals surface area (Å²) in [6, 6.07) is 4.01. The molecule has 0 aromatic carbocycles. The second-order valence-electron chi connectivity index (χ2n) is 5.56. The van der Waals surface area contributed by atoms with Crippen LogP contribution in [0.2, 0.25) is 0 Å². The predicted octanol–water partition coefficient (Wildman–Crippen LogP) is 2.57. The summed E-state index contributed by atoms with van der Waals surface area (Å²) in [5, 5.41) is 9.02. The minimum Gasteiger partial charge on any atom is -0.461 e. The quantitative estimate of drug-likeness (QED) is 0.810. The predicted molar refractivity (Wildman–Crippen MR) is 84.5 cm³/mol. The van der Waals surface area contributed by atoms with Crippen molar-refractivity contribution in [2.75, 3.05) is 12.3 Å². The van der Waals surface area contributed by atoms with E-state index in [1.165, 1.54) is 18.2 Å². The molecular formula is C15H20N4O2S. The van der Waals surface area contributed by atoms with Crippen molar-refractivity contribution in [2.45, 2.75) is 37.4 Å². The molecule has 0 aliphatic carbocycles. The molecule has 0 radical (unpaired) electrons. The molecule has 1 aliphatic rings. The fraction of sp³-hybridized carbons (Fsp3) is 0.533. The Bertz CT molecular complexity index is 638. The van der Waals surface area contributed by atoms with E-state index >= 15 is 0 Å². The second-order valence-corrected chi connectivity index (χ2v) is 6.51. The summed E-state index contributed by atoms with van der Waals surface area (Å²) >= 11 is 1.43. The molecule has 3 rings (SSSR count). The molecule has 0 unspecified atom stereocenters. The molecule has 0 spiro atoms. The molecular weight excluding hydrogens is 300 g/mol. The number of carbonyl (C=O) groups excluding carboxylic acids is 1. The Balaban J connectivity index is 1.63. The fourth-order valence-corrected chi connectivity index (χ4v) is 3.54. The molecule has 1 saturated heterocycles. The maximum atomic E-state index is 12.4. The first-order valence-corrected chi connectivity index (χ1v) is 8.51. The van der Waals surface area contributed by atoms with Crippen LogP contribution in [0.15, 0.2) is 28.0 Å². The number of nitrogens with zero attached hydrogens (tertiary/aromatic N) is 4. The molecule has 2 aromatic rings. The van der Waals surface area contributed by atoms with Crippen molar-refractivity contribution in [3.05, 3.63) is 18.4 Å². The molecule has 1 amide bonds. The third-order valence-electron chi connectivity index (χ3n) is 4.02. The van der Waals surface area contributed by atoms with Crippen molar-refractivity contribution in [1.82, 2.24) is 19.7 Å². The van der Waals surface area contributed by atoms with Gasteiger partial charge in [-0.25, -0.2) is 0 Å². The maximum Gasteiger partial charge on any atom is 0.233 e. The third-order valence-corrected chi connectivity index (χ3v) is 5.03. The number of furan rings is 1. The van der Waals surface area contributed by atoms with Crippen molar-refractivity contribution in [3.8, 4) is 11.6 Å². The summed E-state index contributed by atoms with van der Waals surface area (Å²) in [4.78, 5) is 14.3. The summed E-state index contributed by atoms with van der Waals surface area (Å²) in [6.07, 6.45) is 5.03. The maximum absolute atomic E-state index is 12.4. The van der Waals surface area contributed by atoms with Crippen molar-refractivity contribution < 1.29 is 9.21 Å². The molecule has 0 saturated carbocycles. The van der Waals surface area contributed by atoms with Crippen molar-refractivity contribution >= 4 is 17.7 Å². The first kappa shape index (κ1) is 15.1. The molecule has 1 fully saturated rings. The third kappa shape index (κ3) is 3.04. The first-order chi connectivity index (χ1) is 10.7. The van der Waals surface area contributed by atoms with Gasteiger partial charge in [-0.3, -0.25) is 4.79 Å². The van der Waals surface area contributed by atoms with Gasteiger partial charge in [-0.2, -0.15) is 0 Å². The monoisotopic (exact) mass is 320 g/mol. The fourth-order valence-electron chi connectivity index (χ4n) is 2.74. The van der Waals surface area contributed by atoms with E-state index in [2.05, 4.69) is 17.1 Å². The van der Waals surface area contributed by atoms with Gasteiger partial charge in [0.05, 0.1) is 12.0 Å². The molecule has 2 aromatic heterocycles. The van der Waals surface area contributed by atoms with Gasteiger partial charge in [-0.05, 0) is 38.3 Å². The average Bonchev–Trinajstić information content (AvgIpc) is 3.15. The zero-order valence-electron chi connectivity index (χ0n) is 12.9. The van der Waals surface area contributed by atoms with Crippen molar-refractivity contribution in [2.24, 2.45) is 7.05 Å². The highest BCUT2D eigenvalue weighted by Gasteiger charge is 2.23. The van der Waals surface area contributed by atoms with Gasteiger partial charge in [0.25, 0.3) is 0 Å². The Labute approximate surface area is 133 Å². The number of carbonyl (C=O) groups is 1.